The number of para-hydroxylation sites is 1. The Morgan fingerprint density at radius 1 is 1.06 bits per heavy atom. The van der Waals surface area contributed by atoms with Gasteiger partial charge in [-0.05, 0) is 42.5 Å². The van der Waals surface area contributed by atoms with E-state index in [1.165, 1.54) is 11.2 Å². The number of carbonyl (C=O) groups is 2. The van der Waals surface area contributed by atoms with Gasteiger partial charge in [0.25, 0.3) is 11.7 Å². The Labute approximate surface area is 178 Å². The average Bonchev–Trinajstić information content (AvgIpc) is 3.41. The van der Waals surface area contributed by atoms with E-state index >= 15 is 0 Å². The van der Waals surface area contributed by atoms with Crippen LogP contribution in [0.2, 0.25) is 0 Å². The molecule has 0 radical (unpaired) electrons. The van der Waals surface area contributed by atoms with Crippen molar-refractivity contribution >= 4 is 28.8 Å². The number of aliphatic hydroxyl groups excluding tert-OH is 1. The summed E-state index contributed by atoms with van der Waals surface area (Å²) < 4.78 is 11.2. The number of ether oxygens (including phenoxy) is 1. The standard InChI is InChI=1S/C24H20N2O5/c1-25-11-13-31-18-10-9-15(14-17(18)25)22(27)20-21(19-8-5-12-30-19)26(24(29)23(20)28)16-6-3-2-4-7-16/h2-10,12,14,21,27H,11,13H2,1H3/b22-20-. The minimum atomic E-state index is -0.873. The molecule has 5 rings (SSSR count). The minimum absolute atomic E-state index is 0.0110. The number of nitrogens with zero attached hydrogens (tertiary/aromatic N) is 2. The van der Waals surface area contributed by atoms with Gasteiger partial charge >= 0.3 is 0 Å². The van der Waals surface area contributed by atoms with Crippen molar-refractivity contribution in [3.8, 4) is 5.75 Å². The van der Waals surface area contributed by atoms with Crippen molar-refractivity contribution in [2.75, 3.05) is 30.0 Å². The second-order valence-corrected chi connectivity index (χ2v) is 7.47. The Kier molecular flexibility index (Phi) is 4.51. The second kappa shape index (κ2) is 7.36. The van der Waals surface area contributed by atoms with Gasteiger partial charge < -0.3 is 19.2 Å². The van der Waals surface area contributed by atoms with Gasteiger partial charge in [0.05, 0.1) is 24.1 Å². The molecule has 156 valence electrons. The van der Waals surface area contributed by atoms with Crippen LogP contribution in [0.3, 0.4) is 0 Å². The average molecular weight is 416 g/mol. The lowest BCUT2D eigenvalue weighted by Crippen LogP contribution is -2.29. The van der Waals surface area contributed by atoms with Crippen molar-refractivity contribution in [3.63, 3.8) is 0 Å². The molecule has 2 aromatic carbocycles. The molecule has 0 saturated carbocycles. The molecule has 2 aliphatic heterocycles. The summed E-state index contributed by atoms with van der Waals surface area (Å²) in [6.07, 6.45) is 1.48. The molecule has 7 heteroatoms. The maximum Gasteiger partial charge on any atom is 0.300 e. The van der Waals surface area contributed by atoms with E-state index < -0.39 is 17.7 Å². The van der Waals surface area contributed by atoms with Crippen LogP contribution < -0.4 is 14.5 Å². The van der Waals surface area contributed by atoms with Gasteiger partial charge in [-0.25, -0.2) is 0 Å². The number of Topliss-reactive ketones (excluding diaryl/α,β-unsaturated/α-hetero) is 1. The van der Waals surface area contributed by atoms with E-state index in [0.717, 1.165) is 5.69 Å². The Hall–Kier alpha value is -4.00. The molecule has 31 heavy (non-hydrogen) atoms. The fraction of sp³-hybridized carbons (Fsp3) is 0.167. The maximum atomic E-state index is 13.1. The van der Waals surface area contributed by atoms with Crippen LogP contribution in [0.4, 0.5) is 11.4 Å². The van der Waals surface area contributed by atoms with Gasteiger partial charge in [-0.3, -0.25) is 14.5 Å². The van der Waals surface area contributed by atoms with Gasteiger partial charge in [0.1, 0.15) is 29.9 Å². The molecule has 1 N–H and O–H groups in total. The van der Waals surface area contributed by atoms with E-state index in [1.54, 1.807) is 54.6 Å². The molecule has 3 aromatic rings. The molecule has 0 bridgehead atoms. The third-order valence-electron chi connectivity index (χ3n) is 5.62. The molecule has 7 nitrogen and oxygen atoms in total. The number of hydrogen-bond acceptors (Lipinski definition) is 6. The van der Waals surface area contributed by atoms with Crippen LogP contribution in [-0.2, 0) is 9.59 Å². The normalized spacial score (nSPS) is 20.0. The van der Waals surface area contributed by atoms with Crippen LogP contribution in [-0.4, -0.2) is 37.0 Å². The van der Waals surface area contributed by atoms with Crippen LogP contribution in [0.25, 0.3) is 5.76 Å². The zero-order valence-electron chi connectivity index (χ0n) is 16.8. The van der Waals surface area contributed by atoms with Gasteiger partial charge in [0.15, 0.2) is 0 Å². The molecule has 0 aliphatic carbocycles. The van der Waals surface area contributed by atoms with Gasteiger partial charge in [0.2, 0.25) is 0 Å². The number of carbonyl (C=O) groups excluding carboxylic acids is 2. The Balaban J connectivity index is 1.68. The van der Waals surface area contributed by atoms with Crippen molar-refractivity contribution in [3.05, 3.63) is 83.8 Å². The third-order valence-corrected chi connectivity index (χ3v) is 5.62. The summed E-state index contributed by atoms with van der Waals surface area (Å²) in [6.45, 7) is 1.29. The molecule has 1 amide bonds. The van der Waals surface area contributed by atoms with Crippen LogP contribution >= 0.6 is 0 Å². The summed E-state index contributed by atoms with van der Waals surface area (Å²) in [6, 6.07) is 16.6. The number of furan rings is 1. The number of amides is 1. The molecule has 1 fully saturated rings. The van der Waals surface area contributed by atoms with Gasteiger partial charge in [-0.1, -0.05) is 18.2 Å². The molecular weight excluding hydrogens is 396 g/mol. The fourth-order valence-electron chi connectivity index (χ4n) is 4.06. The molecule has 1 aromatic heterocycles. The first-order valence-electron chi connectivity index (χ1n) is 9.94. The van der Waals surface area contributed by atoms with Crippen LogP contribution in [0.15, 0.2) is 76.9 Å². The quantitative estimate of drug-likeness (QED) is 0.398. The highest BCUT2D eigenvalue weighted by atomic mass is 16.5. The molecule has 3 heterocycles. The second-order valence-electron chi connectivity index (χ2n) is 7.47. The largest absolute Gasteiger partial charge is 0.507 e. The number of likely N-dealkylation sites (N-methyl/N-ethyl adjacent to an activating group) is 1. The van der Waals surface area contributed by atoms with Crippen molar-refractivity contribution in [1.82, 2.24) is 0 Å². The van der Waals surface area contributed by atoms with E-state index in [9.17, 15) is 14.7 Å². The molecule has 0 spiro atoms. The van der Waals surface area contributed by atoms with Crippen molar-refractivity contribution < 1.29 is 23.8 Å². The summed E-state index contributed by atoms with van der Waals surface area (Å²) in [4.78, 5) is 29.5. The first-order chi connectivity index (χ1) is 15.1. The molecule has 1 saturated heterocycles. The number of anilines is 2. The highest BCUT2D eigenvalue weighted by Gasteiger charge is 2.48. The lowest BCUT2D eigenvalue weighted by molar-refractivity contribution is -0.132. The third kappa shape index (κ3) is 3.06. The lowest BCUT2D eigenvalue weighted by Gasteiger charge is -2.28. The maximum absolute atomic E-state index is 13.1. The van der Waals surface area contributed by atoms with Gasteiger partial charge in [0, 0.05) is 18.3 Å². The van der Waals surface area contributed by atoms with Crippen LogP contribution in [0.5, 0.6) is 5.75 Å². The first-order valence-corrected chi connectivity index (χ1v) is 9.94. The number of hydrogen-bond donors (Lipinski definition) is 1. The monoisotopic (exact) mass is 416 g/mol. The van der Waals surface area contributed by atoms with Crippen LogP contribution in [0, 0.1) is 0 Å². The number of aliphatic hydroxyl groups is 1. The van der Waals surface area contributed by atoms with E-state index in [2.05, 4.69) is 0 Å². The van der Waals surface area contributed by atoms with Crippen molar-refractivity contribution in [2.24, 2.45) is 0 Å². The molecule has 1 atom stereocenters. The number of benzene rings is 2. The zero-order valence-corrected chi connectivity index (χ0v) is 16.8. The smallest absolute Gasteiger partial charge is 0.300 e. The van der Waals surface area contributed by atoms with E-state index in [-0.39, 0.29) is 11.3 Å². The summed E-state index contributed by atoms with van der Waals surface area (Å²) in [5, 5.41) is 11.2. The first kappa shape index (κ1) is 19.0. The summed E-state index contributed by atoms with van der Waals surface area (Å²) >= 11 is 0. The van der Waals surface area contributed by atoms with Gasteiger partial charge in [-0.15, -0.1) is 0 Å². The Bertz CT molecular complexity index is 1180. The predicted octanol–water partition coefficient (Wildman–Crippen LogP) is 3.73. The Morgan fingerprint density at radius 2 is 1.87 bits per heavy atom. The highest BCUT2D eigenvalue weighted by molar-refractivity contribution is 6.51. The summed E-state index contributed by atoms with van der Waals surface area (Å²) in [5.74, 6) is -0.627. The lowest BCUT2D eigenvalue weighted by atomic mass is 9.98. The Morgan fingerprint density at radius 3 is 2.61 bits per heavy atom. The highest BCUT2D eigenvalue weighted by Crippen LogP contribution is 2.43. The number of rotatable bonds is 3. The fourth-order valence-corrected chi connectivity index (χ4v) is 4.06. The molecular formula is C24H20N2O5. The topological polar surface area (TPSA) is 83.2 Å². The zero-order chi connectivity index (χ0) is 21.5. The van der Waals surface area contributed by atoms with Crippen molar-refractivity contribution in [2.45, 2.75) is 6.04 Å². The van der Waals surface area contributed by atoms with E-state index in [0.29, 0.717) is 35.9 Å². The van der Waals surface area contributed by atoms with E-state index in [4.69, 9.17) is 9.15 Å². The molecule has 2 aliphatic rings. The summed E-state index contributed by atoms with van der Waals surface area (Å²) in [5.41, 5.74) is 1.77. The molecule has 1 unspecified atom stereocenters. The van der Waals surface area contributed by atoms with Gasteiger partial charge in [-0.2, -0.15) is 0 Å². The van der Waals surface area contributed by atoms with Crippen molar-refractivity contribution in [1.29, 1.82) is 0 Å². The van der Waals surface area contributed by atoms with Crippen LogP contribution in [0.1, 0.15) is 17.4 Å². The number of fused-ring (bicyclic) bond motifs is 1. The minimum Gasteiger partial charge on any atom is -0.507 e. The summed E-state index contributed by atoms with van der Waals surface area (Å²) in [7, 11) is 1.93. The van der Waals surface area contributed by atoms with E-state index in [1.807, 2.05) is 18.0 Å². The number of ketones is 1. The SMILES string of the molecule is CN1CCOc2ccc(/C(O)=C3/C(=O)C(=O)N(c4ccccc4)C3c3ccco3)cc21. The predicted molar refractivity (Wildman–Crippen MR) is 115 cm³/mol.